The largest absolute Gasteiger partial charge is 0.306 e. The average molecular weight is 277 g/mol. The maximum absolute atomic E-state index is 14.2. The molecule has 0 spiro atoms. The van der Waals surface area contributed by atoms with E-state index in [4.69, 9.17) is 0 Å². The molecule has 1 heterocycles. The van der Waals surface area contributed by atoms with Gasteiger partial charge in [-0.2, -0.15) is 10.2 Å². The van der Waals surface area contributed by atoms with Gasteiger partial charge >= 0.3 is 0 Å². The lowest BCUT2D eigenvalue weighted by atomic mass is 9.98. The van der Waals surface area contributed by atoms with Crippen molar-refractivity contribution in [3.05, 3.63) is 58.9 Å². The Bertz CT molecular complexity index is 573. The zero-order chi connectivity index (χ0) is 14.5. The first-order valence-electron chi connectivity index (χ1n) is 6.59. The predicted molar refractivity (Wildman–Crippen MR) is 73.3 cm³/mol. The summed E-state index contributed by atoms with van der Waals surface area (Å²) in [6.07, 6.45) is 3.99. The molecular weight excluding hydrogens is 260 g/mol. The topological polar surface area (TPSA) is 37.8 Å². The second kappa shape index (κ2) is 6.52. The minimum absolute atomic E-state index is 0.287. The SMILES string of the molecule is CCCNC(c1ccnnc1)c1ccc(C)c(F)c1F. The zero-order valence-corrected chi connectivity index (χ0v) is 11.5. The summed E-state index contributed by atoms with van der Waals surface area (Å²) < 4.78 is 27.9. The van der Waals surface area contributed by atoms with Gasteiger partial charge in [-0.15, -0.1) is 0 Å². The highest BCUT2D eigenvalue weighted by Gasteiger charge is 2.20. The van der Waals surface area contributed by atoms with Crippen molar-refractivity contribution in [1.29, 1.82) is 0 Å². The van der Waals surface area contributed by atoms with Crippen molar-refractivity contribution in [2.24, 2.45) is 0 Å². The minimum atomic E-state index is -0.810. The fourth-order valence-electron chi connectivity index (χ4n) is 2.05. The molecule has 0 saturated heterocycles. The van der Waals surface area contributed by atoms with Crippen molar-refractivity contribution in [2.75, 3.05) is 6.54 Å². The average Bonchev–Trinajstić information content (AvgIpc) is 2.48. The Labute approximate surface area is 117 Å². The minimum Gasteiger partial charge on any atom is -0.306 e. The molecule has 3 nitrogen and oxygen atoms in total. The maximum Gasteiger partial charge on any atom is 0.164 e. The zero-order valence-electron chi connectivity index (χ0n) is 11.5. The highest BCUT2D eigenvalue weighted by molar-refractivity contribution is 5.34. The molecular formula is C15H17F2N3. The Balaban J connectivity index is 2.44. The number of benzene rings is 1. The maximum atomic E-state index is 14.2. The van der Waals surface area contributed by atoms with Crippen molar-refractivity contribution in [1.82, 2.24) is 15.5 Å². The smallest absolute Gasteiger partial charge is 0.164 e. The van der Waals surface area contributed by atoms with Gasteiger partial charge in [0.1, 0.15) is 0 Å². The van der Waals surface area contributed by atoms with E-state index in [2.05, 4.69) is 15.5 Å². The van der Waals surface area contributed by atoms with Gasteiger partial charge in [0.25, 0.3) is 0 Å². The van der Waals surface area contributed by atoms with E-state index in [0.717, 1.165) is 12.0 Å². The van der Waals surface area contributed by atoms with Crippen LogP contribution in [0.3, 0.4) is 0 Å². The van der Waals surface area contributed by atoms with Gasteiger partial charge in [-0.25, -0.2) is 8.78 Å². The van der Waals surface area contributed by atoms with Crippen LogP contribution in [0.15, 0.2) is 30.6 Å². The third kappa shape index (κ3) is 2.99. The van der Waals surface area contributed by atoms with Crippen LogP contribution in [0.1, 0.15) is 36.1 Å². The van der Waals surface area contributed by atoms with Crippen LogP contribution in [-0.4, -0.2) is 16.7 Å². The second-order valence-electron chi connectivity index (χ2n) is 4.66. The number of hydrogen-bond acceptors (Lipinski definition) is 3. The second-order valence-corrected chi connectivity index (χ2v) is 4.66. The van der Waals surface area contributed by atoms with Crippen LogP contribution in [-0.2, 0) is 0 Å². The third-order valence-corrected chi connectivity index (χ3v) is 3.16. The van der Waals surface area contributed by atoms with E-state index in [1.165, 1.54) is 0 Å². The Kier molecular flexibility index (Phi) is 4.74. The summed E-state index contributed by atoms with van der Waals surface area (Å²) in [6.45, 7) is 4.26. The number of nitrogens with zero attached hydrogens (tertiary/aromatic N) is 2. The highest BCUT2D eigenvalue weighted by Crippen LogP contribution is 2.26. The molecule has 0 fully saturated rings. The molecule has 2 aromatic rings. The van der Waals surface area contributed by atoms with Crippen LogP contribution < -0.4 is 5.32 Å². The van der Waals surface area contributed by atoms with Crippen LogP contribution in [0.5, 0.6) is 0 Å². The number of rotatable bonds is 5. The Morgan fingerprint density at radius 2 is 1.95 bits per heavy atom. The van der Waals surface area contributed by atoms with E-state index < -0.39 is 17.7 Å². The Morgan fingerprint density at radius 1 is 1.15 bits per heavy atom. The van der Waals surface area contributed by atoms with Crippen molar-refractivity contribution in [3.8, 4) is 0 Å². The van der Waals surface area contributed by atoms with Gasteiger partial charge in [0.2, 0.25) is 0 Å². The summed E-state index contributed by atoms with van der Waals surface area (Å²) in [4.78, 5) is 0. The van der Waals surface area contributed by atoms with Gasteiger partial charge in [-0.3, -0.25) is 0 Å². The third-order valence-electron chi connectivity index (χ3n) is 3.16. The van der Waals surface area contributed by atoms with Crippen molar-refractivity contribution in [3.63, 3.8) is 0 Å². The molecule has 0 aliphatic rings. The molecule has 1 N–H and O–H groups in total. The molecule has 1 aromatic heterocycles. The van der Waals surface area contributed by atoms with Crippen LogP contribution in [0, 0.1) is 18.6 Å². The monoisotopic (exact) mass is 277 g/mol. The quantitative estimate of drug-likeness (QED) is 0.912. The summed E-state index contributed by atoms with van der Waals surface area (Å²) in [5.74, 6) is -1.61. The highest BCUT2D eigenvalue weighted by atomic mass is 19.2. The van der Waals surface area contributed by atoms with E-state index >= 15 is 0 Å². The molecule has 0 radical (unpaired) electrons. The van der Waals surface area contributed by atoms with Crippen LogP contribution >= 0.6 is 0 Å². The number of halogens is 2. The molecule has 5 heteroatoms. The molecule has 1 aromatic carbocycles. The summed E-state index contributed by atoms with van der Waals surface area (Å²) in [6, 6.07) is 4.52. The molecule has 0 aliphatic carbocycles. The lowest BCUT2D eigenvalue weighted by molar-refractivity contribution is 0.475. The standard InChI is InChI=1S/C15H17F2N3/c1-3-7-18-15(11-6-8-19-20-9-11)12-5-4-10(2)13(16)14(12)17/h4-6,8-9,15,18H,3,7H2,1-2H3. The number of aromatic nitrogens is 2. The van der Waals surface area contributed by atoms with Crippen LogP contribution in [0.25, 0.3) is 0 Å². The first-order chi connectivity index (χ1) is 9.65. The van der Waals surface area contributed by atoms with Gasteiger partial charge in [-0.1, -0.05) is 19.1 Å². The van der Waals surface area contributed by atoms with Crippen LogP contribution in [0.4, 0.5) is 8.78 Å². The lowest BCUT2D eigenvalue weighted by Gasteiger charge is -2.20. The van der Waals surface area contributed by atoms with E-state index in [9.17, 15) is 8.78 Å². The van der Waals surface area contributed by atoms with E-state index in [-0.39, 0.29) is 5.56 Å². The summed E-state index contributed by atoms with van der Waals surface area (Å²) in [7, 11) is 0. The summed E-state index contributed by atoms with van der Waals surface area (Å²) in [5, 5.41) is 10.7. The van der Waals surface area contributed by atoms with Gasteiger partial charge < -0.3 is 5.32 Å². The molecule has 2 rings (SSSR count). The molecule has 0 aliphatic heterocycles. The summed E-state index contributed by atoms with van der Waals surface area (Å²) >= 11 is 0. The van der Waals surface area contributed by atoms with Gasteiger partial charge in [0.15, 0.2) is 11.6 Å². The van der Waals surface area contributed by atoms with E-state index in [0.29, 0.717) is 12.1 Å². The first kappa shape index (κ1) is 14.5. The molecule has 1 unspecified atom stereocenters. The van der Waals surface area contributed by atoms with Crippen molar-refractivity contribution >= 4 is 0 Å². The predicted octanol–water partition coefficient (Wildman–Crippen LogP) is 3.15. The van der Waals surface area contributed by atoms with Gasteiger partial charge in [0.05, 0.1) is 12.2 Å². The van der Waals surface area contributed by atoms with Crippen molar-refractivity contribution < 1.29 is 8.78 Å². The first-order valence-corrected chi connectivity index (χ1v) is 6.59. The number of aryl methyl sites for hydroxylation is 1. The van der Waals surface area contributed by atoms with Crippen LogP contribution in [0.2, 0.25) is 0 Å². The number of hydrogen-bond donors (Lipinski definition) is 1. The molecule has 20 heavy (non-hydrogen) atoms. The molecule has 0 saturated carbocycles. The normalized spacial score (nSPS) is 12.4. The van der Waals surface area contributed by atoms with Crippen molar-refractivity contribution in [2.45, 2.75) is 26.3 Å². The van der Waals surface area contributed by atoms with Gasteiger partial charge in [0, 0.05) is 11.8 Å². The molecule has 0 amide bonds. The van der Waals surface area contributed by atoms with E-state index in [1.54, 1.807) is 37.5 Å². The summed E-state index contributed by atoms with van der Waals surface area (Å²) in [5.41, 5.74) is 1.35. The lowest BCUT2D eigenvalue weighted by Crippen LogP contribution is -2.24. The fraction of sp³-hybridized carbons (Fsp3) is 0.333. The molecule has 1 atom stereocenters. The van der Waals surface area contributed by atoms with E-state index in [1.807, 2.05) is 6.92 Å². The Morgan fingerprint density at radius 3 is 2.60 bits per heavy atom. The Hall–Kier alpha value is -1.88. The number of nitrogens with one attached hydrogen (secondary N) is 1. The molecule has 106 valence electrons. The van der Waals surface area contributed by atoms with Gasteiger partial charge in [-0.05, 0) is 37.1 Å². The fourth-order valence-corrected chi connectivity index (χ4v) is 2.05. The molecule has 0 bridgehead atoms.